The van der Waals surface area contributed by atoms with E-state index in [9.17, 15) is 9.59 Å². The Morgan fingerprint density at radius 1 is 1.41 bits per heavy atom. The maximum atomic E-state index is 11.4. The molecule has 1 atom stereocenters. The zero-order valence-corrected chi connectivity index (χ0v) is 12.1. The fraction of sp³-hybridized carbons (Fsp3) is 0.833. The van der Waals surface area contributed by atoms with E-state index in [1.165, 1.54) is 0 Å². The third kappa shape index (κ3) is 10.2. The number of aldehydes is 1. The lowest BCUT2D eigenvalue weighted by Gasteiger charge is -2.21. The number of carbonyl (C=O) groups excluding carboxylic acids is 2. The summed E-state index contributed by atoms with van der Waals surface area (Å²) >= 11 is 1.76. The monoisotopic (exact) mass is 261 g/mol. The van der Waals surface area contributed by atoms with Crippen molar-refractivity contribution in [3.05, 3.63) is 0 Å². The van der Waals surface area contributed by atoms with Crippen LogP contribution in [0.3, 0.4) is 0 Å². The van der Waals surface area contributed by atoms with E-state index < -0.39 is 17.7 Å². The summed E-state index contributed by atoms with van der Waals surface area (Å²) < 4.78 is 5.08. The van der Waals surface area contributed by atoms with Gasteiger partial charge in [0.1, 0.15) is 11.9 Å². The molecule has 0 aromatic carbocycles. The quantitative estimate of drug-likeness (QED) is 0.747. The highest BCUT2D eigenvalue weighted by Crippen LogP contribution is 2.12. The van der Waals surface area contributed by atoms with E-state index in [0.29, 0.717) is 11.7 Å². The number of carbonyl (C=O) groups is 2. The minimum atomic E-state index is -0.538. The first-order valence-corrected chi connectivity index (χ1v) is 6.86. The minimum absolute atomic E-state index is 0.462. The Kier molecular flexibility index (Phi) is 7.27. The summed E-state index contributed by atoms with van der Waals surface area (Å²) in [6, 6.07) is -0.462. The number of alkyl carbamates (subject to hydrolysis) is 1. The molecule has 5 heteroatoms. The van der Waals surface area contributed by atoms with Crippen molar-refractivity contribution in [2.75, 3.05) is 5.75 Å². The largest absolute Gasteiger partial charge is 0.444 e. The molecule has 0 spiro atoms. The van der Waals surface area contributed by atoms with Crippen molar-refractivity contribution in [2.45, 2.75) is 57.9 Å². The SMILES string of the molecule is CC(C)SCC[C@H](C=O)NC(=O)OC(C)(C)C. The molecular formula is C12H23NO3S. The summed E-state index contributed by atoms with van der Waals surface area (Å²) in [6.45, 7) is 9.56. The normalized spacial score (nSPS) is 13.3. The van der Waals surface area contributed by atoms with E-state index >= 15 is 0 Å². The molecular weight excluding hydrogens is 238 g/mol. The van der Waals surface area contributed by atoms with Gasteiger partial charge in [0.05, 0.1) is 6.04 Å². The van der Waals surface area contributed by atoms with Gasteiger partial charge in [0, 0.05) is 0 Å². The van der Waals surface area contributed by atoms with Crippen LogP contribution in [0.25, 0.3) is 0 Å². The smallest absolute Gasteiger partial charge is 0.408 e. The molecule has 0 aliphatic heterocycles. The van der Waals surface area contributed by atoms with Gasteiger partial charge >= 0.3 is 6.09 Å². The molecule has 0 aromatic rings. The average molecular weight is 261 g/mol. The van der Waals surface area contributed by atoms with Gasteiger partial charge in [-0.25, -0.2) is 4.79 Å². The summed E-state index contributed by atoms with van der Waals surface area (Å²) in [6.07, 6.45) is 0.847. The topological polar surface area (TPSA) is 55.4 Å². The van der Waals surface area contributed by atoms with Crippen LogP contribution in [-0.4, -0.2) is 35.0 Å². The van der Waals surface area contributed by atoms with Crippen molar-refractivity contribution in [2.24, 2.45) is 0 Å². The molecule has 0 radical (unpaired) electrons. The Morgan fingerprint density at radius 2 is 2.00 bits per heavy atom. The highest BCUT2D eigenvalue weighted by molar-refractivity contribution is 7.99. The molecule has 0 fully saturated rings. The number of ether oxygens (including phenoxy) is 1. The Hall–Kier alpha value is -0.710. The predicted molar refractivity (Wildman–Crippen MR) is 71.4 cm³/mol. The fourth-order valence-electron chi connectivity index (χ4n) is 1.06. The standard InChI is InChI=1S/C12H23NO3S/c1-9(2)17-7-6-10(8-14)13-11(15)16-12(3,4)5/h8-10H,6-7H2,1-5H3,(H,13,15)/t10-/m1/s1. The van der Waals surface area contributed by atoms with Crippen LogP contribution in [0.4, 0.5) is 4.79 Å². The molecule has 0 unspecified atom stereocenters. The van der Waals surface area contributed by atoms with Crippen molar-refractivity contribution in [1.82, 2.24) is 5.32 Å². The maximum Gasteiger partial charge on any atom is 0.408 e. The summed E-state index contributed by atoms with van der Waals surface area (Å²) in [5.41, 5.74) is -0.537. The van der Waals surface area contributed by atoms with E-state index in [4.69, 9.17) is 4.74 Å². The molecule has 0 aliphatic carbocycles. The molecule has 0 bridgehead atoms. The molecule has 0 saturated heterocycles. The second-order valence-electron chi connectivity index (χ2n) is 5.10. The summed E-state index contributed by atoms with van der Waals surface area (Å²) in [5, 5.41) is 3.09. The van der Waals surface area contributed by atoms with Gasteiger partial charge in [-0.2, -0.15) is 11.8 Å². The van der Waals surface area contributed by atoms with Gasteiger partial charge in [0.15, 0.2) is 0 Å². The van der Waals surface area contributed by atoms with E-state index in [-0.39, 0.29) is 0 Å². The summed E-state index contributed by atoms with van der Waals surface area (Å²) in [5.74, 6) is 0.844. The molecule has 0 rings (SSSR count). The van der Waals surface area contributed by atoms with Crippen LogP contribution in [0, 0.1) is 0 Å². The van der Waals surface area contributed by atoms with Crippen molar-refractivity contribution in [1.29, 1.82) is 0 Å². The van der Waals surface area contributed by atoms with E-state index in [2.05, 4.69) is 19.2 Å². The molecule has 4 nitrogen and oxygen atoms in total. The van der Waals surface area contributed by atoms with Gasteiger partial charge in [-0.1, -0.05) is 13.8 Å². The zero-order chi connectivity index (χ0) is 13.5. The lowest BCUT2D eigenvalue weighted by atomic mass is 10.2. The second-order valence-corrected chi connectivity index (χ2v) is 6.78. The van der Waals surface area contributed by atoms with Crippen LogP contribution in [0.2, 0.25) is 0 Å². The van der Waals surface area contributed by atoms with E-state index in [1.54, 1.807) is 32.5 Å². The fourth-order valence-corrected chi connectivity index (χ4v) is 1.93. The first kappa shape index (κ1) is 16.3. The second kappa shape index (κ2) is 7.58. The summed E-state index contributed by atoms with van der Waals surface area (Å²) in [7, 11) is 0. The van der Waals surface area contributed by atoms with Crippen LogP contribution in [-0.2, 0) is 9.53 Å². The van der Waals surface area contributed by atoms with E-state index in [0.717, 1.165) is 12.0 Å². The average Bonchev–Trinajstić information content (AvgIpc) is 2.12. The number of nitrogens with one attached hydrogen (secondary N) is 1. The zero-order valence-electron chi connectivity index (χ0n) is 11.3. The van der Waals surface area contributed by atoms with Crippen molar-refractivity contribution in [3.63, 3.8) is 0 Å². The van der Waals surface area contributed by atoms with Gasteiger partial charge in [-0.15, -0.1) is 0 Å². The van der Waals surface area contributed by atoms with Crippen LogP contribution in [0.1, 0.15) is 41.0 Å². The van der Waals surface area contributed by atoms with Crippen LogP contribution < -0.4 is 5.32 Å². The van der Waals surface area contributed by atoms with Crippen LogP contribution in [0.15, 0.2) is 0 Å². The number of hydrogen-bond donors (Lipinski definition) is 1. The summed E-state index contributed by atoms with van der Waals surface area (Å²) in [4.78, 5) is 22.2. The highest BCUT2D eigenvalue weighted by atomic mass is 32.2. The molecule has 0 aromatic heterocycles. The first-order chi connectivity index (χ1) is 7.74. The molecule has 1 amide bonds. The molecule has 1 N–H and O–H groups in total. The number of rotatable bonds is 6. The number of amides is 1. The maximum absolute atomic E-state index is 11.4. The van der Waals surface area contributed by atoms with E-state index in [1.807, 2.05) is 0 Å². The van der Waals surface area contributed by atoms with Gasteiger partial charge in [0.2, 0.25) is 0 Å². The van der Waals surface area contributed by atoms with Crippen molar-refractivity contribution < 1.29 is 14.3 Å². The lowest BCUT2D eigenvalue weighted by molar-refractivity contribution is -0.109. The first-order valence-electron chi connectivity index (χ1n) is 5.81. The highest BCUT2D eigenvalue weighted by Gasteiger charge is 2.18. The van der Waals surface area contributed by atoms with Crippen molar-refractivity contribution >= 4 is 24.1 Å². The Bertz CT molecular complexity index is 249. The number of hydrogen-bond acceptors (Lipinski definition) is 4. The van der Waals surface area contributed by atoms with Crippen LogP contribution >= 0.6 is 11.8 Å². The lowest BCUT2D eigenvalue weighted by Crippen LogP contribution is -2.40. The van der Waals surface area contributed by atoms with Gasteiger partial charge in [-0.3, -0.25) is 0 Å². The molecule has 0 saturated carbocycles. The molecule has 17 heavy (non-hydrogen) atoms. The minimum Gasteiger partial charge on any atom is -0.444 e. The molecule has 100 valence electrons. The Morgan fingerprint density at radius 3 is 2.41 bits per heavy atom. The van der Waals surface area contributed by atoms with Gasteiger partial charge in [-0.05, 0) is 38.2 Å². The van der Waals surface area contributed by atoms with Crippen molar-refractivity contribution in [3.8, 4) is 0 Å². The number of thioether (sulfide) groups is 1. The van der Waals surface area contributed by atoms with Crippen LogP contribution in [0.5, 0.6) is 0 Å². The predicted octanol–water partition coefficient (Wildman–Crippen LogP) is 2.61. The third-order valence-electron chi connectivity index (χ3n) is 1.75. The van der Waals surface area contributed by atoms with Gasteiger partial charge in [0.25, 0.3) is 0 Å². The Labute approximate surface area is 108 Å². The van der Waals surface area contributed by atoms with Gasteiger partial charge < -0.3 is 14.8 Å². The molecule has 0 aliphatic rings. The Balaban J connectivity index is 3.96. The molecule has 0 heterocycles. The third-order valence-corrected chi connectivity index (χ3v) is 2.88.